The molecule has 5 nitrogen and oxygen atoms in total. The summed E-state index contributed by atoms with van der Waals surface area (Å²) in [5.74, 6) is 0.0805. The zero-order valence-electron chi connectivity index (χ0n) is 16.1. The van der Waals surface area contributed by atoms with E-state index in [2.05, 4.69) is 24.4 Å². The van der Waals surface area contributed by atoms with Crippen LogP contribution >= 0.6 is 0 Å². The van der Waals surface area contributed by atoms with Gasteiger partial charge >= 0.3 is 0 Å². The third kappa shape index (κ3) is 4.94. The van der Waals surface area contributed by atoms with E-state index in [1.54, 1.807) is 0 Å². The zero-order chi connectivity index (χ0) is 19.2. The van der Waals surface area contributed by atoms with E-state index in [0.717, 1.165) is 55.1 Å². The summed E-state index contributed by atoms with van der Waals surface area (Å²) >= 11 is 0. The molecule has 140 valence electrons. The van der Waals surface area contributed by atoms with Gasteiger partial charge in [0.25, 0.3) is 5.91 Å². The number of benzene rings is 2. The number of aryl methyl sites for hydroxylation is 1. The number of nitrogens with one attached hydrogen (secondary N) is 3. The molecule has 0 saturated carbocycles. The lowest BCUT2D eigenvalue weighted by Crippen LogP contribution is -3.28. The minimum atomic E-state index is 0.0805. The Kier molecular flexibility index (Phi) is 6.23. The summed E-state index contributed by atoms with van der Waals surface area (Å²) in [5, 5.41) is 12.3. The van der Waals surface area contributed by atoms with Gasteiger partial charge in [0.1, 0.15) is 32.7 Å². The van der Waals surface area contributed by atoms with Gasteiger partial charge in [0.2, 0.25) is 0 Å². The summed E-state index contributed by atoms with van der Waals surface area (Å²) in [6, 6.07) is 16.1. The molecule has 3 N–H and O–H groups in total. The molecule has 2 aromatic rings. The number of piperazine rings is 1. The topological polar surface area (TPSA) is 61.8 Å². The minimum Gasteiger partial charge on any atom is -0.322 e. The first kappa shape index (κ1) is 19.1. The monoisotopic (exact) mass is 364 g/mol. The van der Waals surface area contributed by atoms with Crippen LogP contribution in [0.3, 0.4) is 0 Å². The van der Waals surface area contributed by atoms with Gasteiger partial charge in [-0.15, -0.1) is 0 Å². The molecule has 27 heavy (non-hydrogen) atoms. The van der Waals surface area contributed by atoms with Crippen molar-refractivity contribution in [2.24, 2.45) is 0 Å². The molecule has 1 saturated heterocycles. The fourth-order valence-electron chi connectivity index (χ4n) is 3.67. The van der Waals surface area contributed by atoms with Crippen molar-refractivity contribution in [2.45, 2.75) is 20.4 Å². The Balaban J connectivity index is 1.49. The fourth-order valence-corrected chi connectivity index (χ4v) is 3.67. The Morgan fingerprint density at radius 1 is 1.04 bits per heavy atom. The molecule has 1 aliphatic heterocycles. The maximum absolute atomic E-state index is 12.4. The van der Waals surface area contributed by atoms with E-state index in [0.29, 0.717) is 6.54 Å². The van der Waals surface area contributed by atoms with Crippen molar-refractivity contribution in [3.8, 4) is 6.07 Å². The Labute approximate surface area is 161 Å². The summed E-state index contributed by atoms with van der Waals surface area (Å²) in [7, 11) is 0. The zero-order valence-corrected chi connectivity index (χ0v) is 16.1. The second-order valence-corrected chi connectivity index (χ2v) is 7.42. The van der Waals surface area contributed by atoms with E-state index in [-0.39, 0.29) is 5.91 Å². The highest BCUT2D eigenvalue weighted by atomic mass is 16.2. The predicted octanol–water partition coefficient (Wildman–Crippen LogP) is 0.0972. The molecule has 0 aromatic heterocycles. The van der Waals surface area contributed by atoms with Crippen LogP contribution in [-0.2, 0) is 11.3 Å². The average molecular weight is 364 g/mol. The van der Waals surface area contributed by atoms with Gasteiger partial charge in [-0.05, 0) is 37.1 Å². The number of hydrogen-bond donors (Lipinski definition) is 3. The molecule has 3 rings (SSSR count). The molecule has 1 amide bonds. The number of nitriles is 1. The quantitative estimate of drug-likeness (QED) is 0.705. The summed E-state index contributed by atoms with van der Waals surface area (Å²) in [5.41, 5.74) is 5.12. The van der Waals surface area contributed by atoms with E-state index < -0.39 is 0 Å². The summed E-state index contributed by atoms with van der Waals surface area (Å²) in [4.78, 5) is 15.2. The van der Waals surface area contributed by atoms with Crippen molar-refractivity contribution in [1.29, 1.82) is 5.26 Å². The van der Waals surface area contributed by atoms with Gasteiger partial charge in [-0.3, -0.25) is 4.79 Å². The number of amides is 1. The summed E-state index contributed by atoms with van der Waals surface area (Å²) in [6.07, 6.45) is 0. The summed E-state index contributed by atoms with van der Waals surface area (Å²) < 4.78 is 0. The minimum absolute atomic E-state index is 0.0805. The number of carbonyl (C=O) groups is 1. The first-order valence-corrected chi connectivity index (χ1v) is 9.58. The number of quaternary nitrogens is 2. The molecule has 0 aliphatic carbocycles. The standard InChI is InChI=1S/C22H26N4O/c1-17-6-5-9-21(18(17)2)24-22(27)16-26-12-10-25(11-13-26)15-20-8-4-3-7-19(20)14-23/h3-9H,10-13,15-16H2,1-2H3,(H,24,27)/p+2. The third-order valence-electron chi connectivity index (χ3n) is 5.53. The van der Waals surface area contributed by atoms with Crippen LogP contribution < -0.4 is 15.1 Å². The highest BCUT2D eigenvalue weighted by Gasteiger charge is 2.25. The van der Waals surface area contributed by atoms with Gasteiger partial charge < -0.3 is 15.1 Å². The molecule has 0 bridgehead atoms. The predicted molar refractivity (Wildman–Crippen MR) is 106 cm³/mol. The number of rotatable bonds is 5. The van der Waals surface area contributed by atoms with Crippen molar-refractivity contribution in [3.05, 3.63) is 64.7 Å². The smallest absolute Gasteiger partial charge is 0.279 e. The average Bonchev–Trinajstić information content (AvgIpc) is 2.67. The van der Waals surface area contributed by atoms with Crippen LogP contribution in [0.5, 0.6) is 0 Å². The van der Waals surface area contributed by atoms with Crippen molar-refractivity contribution in [1.82, 2.24) is 0 Å². The maximum atomic E-state index is 12.4. The van der Waals surface area contributed by atoms with Crippen LogP contribution in [0.1, 0.15) is 22.3 Å². The molecular weight excluding hydrogens is 336 g/mol. The van der Waals surface area contributed by atoms with Crippen LogP contribution in [0.25, 0.3) is 0 Å². The van der Waals surface area contributed by atoms with E-state index in [4.69, 9.17) is 0 Å². The Morgan fingerprint density at radius 3 is 2.48 bits per heavy atom. The first-order valence-electron chi connectivity index (χ1n) is 9.58. The number of carbonyl (C=O) groups excluding carboxylic acids is 1. The van der Waals surface area contributed by atoms with E-state index in [1.165, 1.54) is 15.4 Å². The lowest BCUT2D eigenvalue weighted by atomic mass is 10.1. The van der Waals surface area contributed by atoms with Crippen LogP contribution in [0.4, 0.5) is 5.69 Å². The van der Waals surface area contributed by atoms with Crippen molar-refractivity contribution in [2.75, 3.05) is 38.0 Å². The number of nitrogens with zero attached hydrogens (tertiary/aromatic N) is 1. The molecular formula is C22H28N4O+2. The molecule has 0 unspecified atom stereocenters. The normalized spacial score (nSPS) is 19.3. The molecule has 0 radical (unpaired) electrons. The fraction of sp³-hybridized carbons (Fsp3) is 0.364. The summed E-state index contributed by atoms with van der Waals surface area (Å²) in [6.45, 7) is 9.48. The van der Waals surface area contributed by atoms with E-state index >= 15 is 0 Å². The Bertz CT molecular complexity index is 848. The van der Waals surface area contributed by atoms with Gasteiger partial charge in [0.15, 0.2) is 6.54 Å². The third-order valence-corrected chi connectivity index (χ3v) is 5.53. The molecule has 1 aliphatic rings. The largest absolute Gasteiger partial charge is 0.322 e. The Morgan fingerprint density at radius 2 is 1.74 bits per heavy atom. The van der Waals surface area contributed by atoms with Gasteiger partial charge in [-0.2, -0.15) is 5.26 Å². The maximum Gasteiger partial charge on any atom is 0.279 e. The Hall–Kier alpha value is -2.68. The van der Waals surface area contributed by atoms with Crippen molar-refractivity contribution >= 4 is 11.6 Å². The highest BCUT2D eigenvalue weighted by Crippen LogP contribution is 2.17. The molecule has 2 aromatic carbocycles. The molecule has 1 fully saturated rings. The first-order chi connectivity index (χ1) is 13.1. The lowest BCUT2D eigenvalue weighted by Gasteiger charge is -2.29. The van der Waals surface area contributed by atoms with Gasteiger partial charge in [0.05, 0.1) is 11.6 Å². The number of anilines is 1. The SMILES string of the molecule is Cc1cccc(NC(=O)C[NH+]2CC[NH+](Cc3ccccc3C#N)CC2)c1C. The number of hydrogen-bond acceptors (Lipinski definition) is 2. The van der Waals surface area contributed by atoms with Crippen LogP contribution in [0.15, 0.2) is 42.5 Å². The highest BCUT2D eigenvalue weighted by molar-refractivity contribution is 5.92. The van der Waals surface area contributed by atoms with E-state index in [1.807, 2.05) is 43.3 Å². The van der Waals surface area contributed by atoms with E-state index in [9.17, 15) is 10.1 Å². The lowest BCUT2D eigenvalue weighted by molar-refractivity contribution is -1.02. The van der Waals surface area contributed by atoms with Crippen LogP contribution in [-0.4, -0.2) is 38.6 Å². The second kappa shape index (κ2) is 8.81. The van der Waals surface area contributed by atoms with Crippen molar-refractivity contribution in [3.63, 3.8) is 0 Å². The second-order valence-electron chi connectivity index (χ2n) is 7.42. The van der Waals surface area contributed by atoms with Crippen molar-refractivity contribution < 1.29 is 14.6 Å². The van der Waals surface area contributed by atoms with Gasteiger partial charge in [-0.1, -0.05) is 30.3 Å². The molecule has 1 heterocycles. The van der Waals surface area contributed by atoms with Gasteiger partial charge in [-0.25, -0.2) is 0 Å². The van der Waals surface area contributed by atoms with Crippen LogP contribution in [0.2, 0.25) is 0 Å². The van der Waals surface area contributed by atoms with Gasteiger partial charge in [0, 0.05) is 11.3 Å². The molecule has 0 atom stereocenters. The van der Waals surface area contributed by atoms with Crippen LogP contribution in [0, 0.1) is 25.2 Å². The molecule has 5 heteroatoms. The molecule has 0 spiro atoms.